The van der Waals surface area contributed by atoms with Crippen LogP contribution in [0.3, 0.4) is 0 Å². The minimum absolute atomic E-state index is 0.224. The van der Waals surface area contributed by atoms with E-state index in [2.05, 4.69) is 25.1 Å². The van der Waals surface area contributed by atoms with Crippen molar-refractivity contribution in [3.05, 3.63) is 66.5 Å². The number of aliphatic hydroxyl groups is 1. The maximum Gasteiger partial charge on any atom is 0.416 e. The lowest BCUT2D eigenvalue weighted by Crippen LogP contribution is -2.34. The van der Waals surface area contributed by atoms with Crippen molar-refractivity contribution >= 4 is 0 Å². The van der Waals surface area contributed by atoms with Gasteiger partial charge < -0.3 is 19.3 Å². The van der Waals surface area contributed by atoms with Gasteiger partial charge in [0.2, 0.25) is 5.88 Å². The number of aromatic amines is 1. The molecule has 37 heavy (non-hydrogen) atoms. The lowest BCUT2D eigenvalue weighted by atomic mass is 10.1. The van der Waals surface area contributed by atoms with Crippen LogP contribution in [-0.4, -0.2) is 67.9 Å². The Balaban J connectivity index is 1.14. The first-order valence-corrected chi connectivity index (χ1v) is 11.5. The molecule has 0 amide bonds. The number of aliphatic hydroxyl groups excluding tert-OH is 1. The first-order chi connectivity index (χ1) is 17.8. The largest absolute Gasteiger partial charge is 0.469 e. The summed E-state index contributed by atoms with van der Waals surface area (Å²) >= 11 is 0. The summed E-state index contributed by atoms with van der Waals surface area (Å²) in [5, 5.41) is 16.7. The molecule has 2 aliphatic heterocycles. The highest BCUT2D eigenvalue weighted by atomic mass is 19.4. The minimum Gasteiger partial charge on any atom is -0.469 e. The van der Waals surface area contributed by atoms with Gasteiger partial charge in [-0.15, -0.1) is 0 Å². The van der Waals surface area contributed by atoms with Crippen molar-refractivity contribution in [1.82, 2.24) is 25.1 Å². The molecule has 4 aromatic rings. The number of rotatable bonds is 5. The van der Waals surface area contributed by atoms with E-state index in [0.717, 1.165) is 17.7 Å². The van der Waals surface area contributed by atoms with Crippen molar-refractivity contribution in [1.29, 1.82) is 0 Å². The fraction of sp³-hybridized carbons (Fsp3) is 0.280. The van der Waals surface area contributed by atoms with Crippen molar-refractivity contribution in [2.45, 2.75) is 30.6 Å². The van der Waals surface area contributed by atoms with Gasteiger partial charge in [0.05, 0.1) is 24.5 Å². The van der Waals surface area contributed by atoms with Crippen LogP contribution in [0.1, 0.15) is 5.56 Å². The van der Waals surface area contributed by atoms with Gasteiger partial charge in [0.15, 0.2) is 17.8 Å². The van der Waals surface area contributed by atoms with Crippen molar-refractivity contribution in [3.8, 4) is 39.9 Å². The van der Waals surface area contributed by atoms with E-state index in [1.807, 2.05) is 6.07 Å². The van der Waals surface area contributed by atoms with Gasteiger partial charge in [0, 0.05) is 35.2 Å². The molecule has 0 bridgehead atoms. The van der Waals surface area contributed by atoms with Gasteiger partial charge in [-0.1, -0.05) is 12.1 Å². The second-order valence-corrected chi connectivity index (χ2v) is 8.72. The van der Waals surface area contributed by atoms with E-state index in [9.17, 15) is 18.3 Å². The third-order valence-corrected chi connectivity index (χ3v) is 6.26. The van der Waals surface area contributed by atoms with Gasteiger partial charge in [-0.05, 0) is 30.3 Å². The van der Waals surface area contributed by atoms with Gasteiger partial charge in [0.25, 0.3) is 0 Å². The quantitative estimate of drug-likeness (QED) is 0.418. The average Bonchev–Trinajstić information content (AvgIpc) is 3.64. The van der Waals surface area contributed by atoms with Crippen LogP contribution in [0.2, 0.25) is 0 Å². The Labute approximate surface area is 208 Å². The van der Waals surface area contributed by atoms with Gasteiger partial charge in [-0.2, -0.15) is 18.3 Å². The number of H-pyrrole nitrogens is 1. The minimum atomic E-state index is -4.44. The van der Waals surface area contributed by atoms with Crippen molar-refractivity contribution < 1.29 is 32.5 Å². The summed E-state index contributed by atoms with van der Waals surface area (Å²) < 4.78 is 56.1. The molecule has 0 saturated carbocycles. The summed E-state index contributed by atoms with van der Waals surface area (Å²) in [6.07, 6.45) is -2.93. The monoisotopic (exact) mass is 511 g/mol. The van der Waals surface area contributed by atoms with E-state index in [4.69, 9.17) is 14.2 Å². The van der Waals surface area contributed by atoms with Crippen LogP contribution in [0.15, 0.2) is 60.9 Å². The Morgan fingerprint density at radius 3 is 2.49 bits per heavy atom. The van der Waals surface area contributed by atoms with E-state index in [-0.39, 0.29) is 36.3 Å². The molecule has 1 aromatic carbocycles. The molecule has 12 heteroatoms. The molecular formula is C25H20F3N5O4. The average molecular weight is 511 g/mol. The zero-order valence-corrected chi connectivity index (χ0v) is 19.1. The second kappa shape index (κ2) is 9.21. The number of hydrogen-bond acceptors (Lipinski definition) is 8. The van der Waals surface area contributed by atoms with Crippen molar-refractivity contribution in [2.75, 3.05) is 13.2 Å². The smallest absolute Gasteiger partial charge is 0.416 e. The summed E-state index contributed by atoms with van der Waals surface area (Å²) in [7, 11) is 0. The summed E-state index contributed by atoms with van der Waals surface area (Å²) in [6, 6.07) is 12.0. The predicted molar refractivity (Wildman–Crippen MR) is 123 cm³/mol. The van der Waals surface area contributed by atoms with Gasteiger partial charge in [-0.3, -0.25) is 10.1 Å². The molecule has 3 aromatic heterocycles. The maximum atomic E-state index is 13.0. The Bertz CT molecular complexity index is 1390. The molecule has 2 saturated heterocycles. The number of fused-ring (bicyclic) bond motifs is 1. The Kier molecular flexibility index (Phi) is 5.86. The SMILES string of the molecule is O[C@@H]1CO[C@H]2[C@@H]1OC[C@@H]2Oc1ccc(-c2ccc(-c3n[nH]c(-c4cccc(C(F)(F)F)c4)n3)cn2)cn1. The van der Waals surface area contributed by atoms with Crippen molar-refractivity contribution in [2.24, 2.45) is 0 Å². The number of nitrogens with zero attached hydrogens (tertiary/aromatic N) is 4. The molecule has 0 radical (unpaired) electrons. The molecule has 2 fully saturated rings. The predicted octanol–water partition coefficient (Wildman–Crippen LogP) is 3.52. The van der Waals surface area contributed by atoms with Gasteiger partial charge in [0.1, 0.15) is 18.3 Å². The summed E-state index contributed by atoms with van der Waals surface area (Å²) in [5.74, 6) is 0.939. The number of hydrogen-bond donors (Lipinski definition) is 2. The molecule has 4 atom stereocenters. The lowest BCUT2D eigenvalue weighted by molar-refractivity contribution is -0.137. The van der Waals surface area contributed by atoms with E-state index in [1.165, 1.54) is 12.1 Å². The fourth-order valence-electron chi connectivity index (χ4n) is 4.36. The van der Waals surface area contributed by atoms with E-state index in [1.54, 1.807) is 30.6 Å². The van der Waals surface area contributed by atoms with E-state index < -0.39 is 17.8 Å². The molecule has 2 N–H and O–H groups in total. The highest BCUT2D eigenvalue weighted by molar-refractivity contribution is 5.64. The number of aromatic nitrogens is 5. The van der Waals surface area contributed by atoms with Crippen LogP contribution in [0.25, 0.3) is 34.0 Å². The molecule has 0 spiro atoms. The molecule has 0 aliphatic carbocycles. The van der Waals surface area contributed by atoms with E-state index in [0.29, 0.717) is 29.6 Å². The topological polar surface area (TPSA) is 115 Å². The van der Waals surface area contributed by atoms with Gasteiger partial charge >= 0.3 is 6.18 Å². The molecule has 2 aliphatic rings. The highest BCUT2D eigenvalue weighted by Crippen LogP contribution is 2.32. The standard InChI is InChI=1S/C25H20F3N5O4/c26-25(27,28)16-3-1-2-13(8-16)23-31-24(33-32-23)15-4-6-17(29-10-15)14-5-7-20(30-9-14)37-19-12-36-21-18(34)11-35-22(19)21/h1-10,18-19,21-22,34H,11-12H2,(H,31,32,33)/t18-,19+,21-,22-/m1/s1. The third kappa shape index (κ3) is 4.66. The molecule has 0 unspecified atom stereocenters. The number of halogens is 3. The zero-order valence-electron chi connectivity index (χ0n) is 19.1. The van der Waals surface area contributed by atoms with Crippen LogP contribution in [0.5, 0.6) is 5.88 Å². The maximum absolute atomic E-state index is 13.0. The number of benzene rings is 1. The number of pyridine rings is 2. The Morgan fingerprint density at radius 1 is 0.919 bits per heavy atom. The van der Waals surface area contributed by atoms with Crippen LogP contribution < -0.4 is 4.74 Å². The normalized spacial score (nSPS) is 23.2. The molecule has 5 heterocycles. The molecular weight excluding hydrogens is 491 g/mol. The molecule has 9 nitrogen and oxygen atoms in total. The second-order valence-electron chi connectivity index (χ2n) is 8.72. The van der Waals surface area contributed by atoms with Crippen LogP contribution in [0.4, 0.5) is 13.2 Å². The van der Waals surface area contributed by atoms with Crippen LogP contribution >= 0.6 is 0 Å². The molecule has 6 rings (SSSR count). The number of ether oxygens (including phenoxy) is 3. The number of alkyl halides is 3. The summed E-state index contributed by atoms with van der Waals surface area (Å²) in [4.78, 5) is 13.1. The Morgan fingerprint density at radius 2 is 1.73 bits per heavy atom. The van der Waals surface area contributed by atoms with E-state index >= 15 is 0 Å². The number of nitrogens with one attached hydrogen (secondary N) is 1. The third-order valence-electron chi connectivity index (χ3n) is 6.26. The van der Waals surface area contributed by atoms with Crippen LogP contribution in [0, 0.1) is 0 Å². The summed E-state index contributed by atoms with van der Waals surface area (Å²) in [6.45, 7) is 0.541. The summed E-state index contributed by atoms with van der Waals surface area (Å²) in [5.41, 5.74) is 1.53. The zero-order chi connectivity index (χ0) is 25.6. The fourth-order valence-corrected chi connectivity index (χ4v) is 4.36. The van der Waals surface area contributed by atoms with Gasteiger partial charge in [-0.25, -0.2) is 9.97 Å². The molecule has 190 valence electrons. The van der Waals surface area contributed by atoms with Crippen LogP contribution in [-0.2, 0) is 15.7 Å². The Hall–Kier alpha value is -3.87. The first kappa shape index (κ1) is 23.5. The highest BCUT2D eigenvalue weighted by Gasteiger charge is 2.48. The lowest BCUT2D eigenvalue weighted by Gasteiger charge is -2.17. The first-order valence-electron chi connectivity index (χ1n) is 11.5. The van der Waals surface area contributed by atoms with Crippen molar-refractivity contribution in [3.63, 3.8) is 0 Å².